The normalized spacial score (nSPS) is 19.3. The minimum atomic E-state index is -1.16. The first kappa shape index (κ1) is 19.6. The van der Waals surface area contributed by atoms with Gasteiger partial charge in [-0.2, -0.15) is 0 Å². The predicted octanol–water partition coefficient (Wildman–Crippen LogP) is 6.26. The van der Waals surface area contributed by atoms with E-state index in [0.717, 1.165) is 23.8 Å². The Morgan fingerprint density at radius 2 is 1.21 bits per heavy atom. The van der Waals surface area contributed by atoms with Crippen LogP contribution in [0.1, 0.15) is 18.8 Å². The van der Waals surface area contributed by atoms with Crippen molar-refractivity contribution in [3.05, 3.63) is 83.4 Å². The molecule has 6 heteroatoms. The van der Waals surface area contributed by atoms with Crippen LogP contribution in [-0.2, 0) is 9.47 Å². The van der Waals surface area contributed by atoms with Crippen LogP contribution in [0.3, 0.4) is 0 Å². The van der Waals surface area contributed by atoms with Gasteiger partial charge in [-0.25, -0.2) is 17.6 Å². The minimum absolute atomic E-state index is 0.0679. The Morgan fingerprint density at radius 1 is 0.655 bits per heavy atom. The smallest absolute Gasteiger partial charge is 0.183 e. The van der Waals surface area contributed by atoms with Crippen molar-refractivity contribution in [2.45, 2.75) is 13.2 Å². The number of hydrogen-bond donors (Lipinski definition) is 0. The van der Waals surface area contributed by atoms with Gasteiger partial charge in [0, 0.05) is 11.5 Å². The lowest BCUT2D eigenvalue weighted by Gasteiger charge is -2.27. The number of benzene rings is 3. The van der Waals surface area contributed by atoms with Gasteiger partial charge < -0.3 is 9.47 Å². The topological polar surface area (TPSA) is 18.5 Å². The second-order valence-corrected chi connectivity index (χ2v) is 7.17. The molecule has 1 heterocycles. The summed E-state index contributed by atoms with van der Waals surface area (Å²) in [6.07, 6.45) is -0.454. The average Bonchev–Trinajstić information content (AvgIpc) is 2.71. The molecule has 1 aliphatic rings. The van der Waals surface area contributed by atoms with Crippen molar-refractivity contribution in [1.29, 1.82) is 0 Å². The van der Waals surface area contributed by atoms with E-state index in [0.29, 0.717) is 30.3 Å². The van der Waals surface area contributed by atoms with Crippen LogP contribution in [0.2, 0.25) is 0 Å². The summed E-state index contributed by atoms with van der Waals surface area (Å²) in [5.74, 6) is -3.62. The molecule has 1 fully saturated rings. The quantitative estimate of drug-likeness (QED) is 0.482. The summed E-state index contributed by atoms with van der Waals surface area (Å²) in [6, 6.07) is 12.1. The van der Waals surface area contributed by atoms with Gasteiger partial charge in [-0.15, -0.1) is 0 Å². The Balaban J connectivity index is 1.61. The monoisotopic (exact) mass is 402 g/mol. The van der Waals surface area contributed by atoms with Crippen LogP contribution in [0.25, 0.3) is 22.3 Å². The molecule has 3 aromatic carbocycles. The molecule has 0 saturated carbocycles. The van der Waals surface area contributed by atoms with Crippen molar-refractivity contribution >= 4 is 0 Å². The second-order valence-electron chi connectivity index (χ2n) is 7.17. The lowest BCUT2D eigenvalue weighted by atomic mass is 9.98. The van der Waals surface area contributed by atoms with Gasteiger partial charge in [-0.05, 0) is 41.0 Å². The summed E-state index contributed by atoms with van der Waals surface area (Å²) in [6.45, 7) is 3.25. The van der Waals surface area contributed by atoms with E-state index in [1.54, 1.807) is 24.3 Å². The van der Waals surface area contributed by atoms with Crippen LogP contribution < -0.4 is 0 Å². The number of ether oxygens (including phenoxy) is 2. The van der Waals surface area contributed by atoms with Crippen molar-refractivity contribution in [1.82, 2.24) is 0 Å². The molecular formula is C23H18F4O2. The van der Waals surface area contributed by atoms with Crippen LogP contribution in [0, 0.1) is 29.2 Å². The maximum atomic E-state index is 14.6. The third kappa shape index (κ3) is 4.04. The average molecular weight is 402 g/mol. The molecule has 0 N–H and O–H groups in total. The summed E-state index contributed by atoms with van der Waals surface area (Å²) in [5.41, 5.74) is 1.29. The van der Waals surface area contributed by atoms with E-state index in [-0.39, 0.29) is 5.56 Å². The maximum Gasteiger partial charge on any atom is 0.183 e. The fraction of sp³-hybridized carbons (Fsp3) is 0.217. The summed E-state index contributed by atoms with van der Waals surface area (Å²) in [4.78, 5) is 0. The highest BCUT2D eigenvalue weighted by Gasteiger charge is 2.21. The molecule has 1 saturated heterocycles. The highest BCUT2D eigenvalue weighted by molar-refractivity contribution is 5.72. The van der Waals surface area contributed by atoms with Crippen molar-refractivity contribution < 1.29 is 27.0 Å². The molecule has 0 unspecified atom stereocenters. The third-order valence-corrected chi connectivity index (χ3v) is 4.83. The van der Waals surface area contributed by atoms with Gasteiger partial charge in [0.2, 0.25) is 0 Å². The predicted molar refractivity (Wildman–Crippen MR) is 101 cm³/mol. The molecule has 0 aromatic heterocycles. The molecule has 2 nitrogen and oxygen atoms in total. The fourth-order valence-electron chi connectivity index (χ4n) is 3.29. The zero-order valence-corrected chi connectivity index (χ0v) is 15.6. The molecule has 1 aliphatic heterocycles. The molecule has 3 aromatic rings. The lowest BCUT2D eigenvalue weighted by Crippen LogP contribution is -2.24. The molecule has 0 atom stereocenters. The van der Waals surface area contributed by atoms with Gasteiger partial charge >= 0.3 is 0 Å². The van der Waals surface area contributed by atoms with Gasteiger partial charge in [0.1, 0.15) is 11.6 Å². The SMILES string of the molecule is CC1COC(c2ccc(-c3cc(F)c(-c4ccc(F)c(F)c4)c(F)c3)cc2)OC1. The number of halogens is 4. The Labute approximate surface area is 165 Å². The zero-order valence-electron chi connectivity index (χ0n) is 15.6. The maximum absolute atomic E-state index is 14.6. The van der Waals surface area contributed by atoms with E-state index in [1.807, 2.05) is 6.92 Å². The summed E-state index contributed by atoms with van der Waals surface area (Å²) < 4.78 is 67.1. The summed E-state index contributed by atoms with van der Waals surface area (Å²) >= 11 is 0. The van der Waals surface area contributed by atoms with E-state index in [1.165, 1.54) is 12.1 Å². The van der Waals surface area contributed by atoms with Gasteiger partial charge in [0.05, 0.1) is 18.8 Å². The van der Waals surface area contributed by atoms with Crippen molar-refractivity contribution in [2.75, 3.05) is 13.2 Å². The van der Waals surface area contributed by atoms with E-state index in [4.69, 9.17) is 9.47 Å². The molecule has 150 valence electrons. The standard InChI is InChI=1S/C23H18F4O2/c1-13-11-28-23(29-12-13)15-4-2-14(3-5-15)17-9-20(26)22(21(27)10-17)16-6-7-18(24)19(25)8-16/h2-10,13,23H,11-12H2,1H3. The molecule has 4 rings (SSSR count). The molecule has 0 radical (unpaired) electrons. The zero-order chi connectivity index (χ0) is 20.5. The Morgan fingerprint density at radius 3 is 1.79 bits per heavy atom. The van der Waals surface area contributed by atoms with Crippen LogP contribution in [0.5, 0.6) is 0 Å². The lowest BCUT2D eigenvalue weighted by molar-refractivity contribution is -0.202. The number of rotatable bonds is 3. The van der Waals surface area contributed by atoms with E-state index in [2.05, 4.69) is 0 Å². The molecule has 29 heavy (non-hydrogen) atoms. The number of hydrogen-bond acceptors (Lipinski definition) is 2. The third-order valence-electron chi connectivity index (χ3n) is 4.83. The van der Waals surface area contributed by atoms with Gasteiger partial charge in [0.15, 0.2) is 17.9 Å². The van der Waals surface area contributed by atoms with Crippen LogP contribution in [-0.4, -0.2) is 13.2 Å². The van der Waals surface area contributed by atoms with Crippen molar-refractivity contribution in [3.63, 3.8) is 0 Å². The fourth-order valence-corrected chi connectivity index (χ4v) is 3.29. The first-order valence-electron chi connectivity index (χ1n) is 9.20. The van der Waals surface area contributed by atoms with Crippen molar-refractivity contribution in [3.8, 4) is 22.3 Å². The Kier molecular flexibility index (Phi) is 5.39. The highest BCUT2D eigenvalue weighted by Crippen LogP contribution is 2.33. The van der Waals surface area contributed by atoms with Gasteiger partial charge in [-0.3, -0.25) is 0 Å². The van der Waals surface area contributed by atoms with Crippen molar-refractivity contribution in [2.24, 2.45) is 5.92 Å². The van der Waals surface area contributed by atoms with E-state index in [9.17, 15) is 17.6 Å². The Bertz CT molecular complexity index is 1000. The van der Waals surface area contributed by atoms with Gasteiger partial charge in [-0.1, -0.05) is 37.3 Å². The molecule has 0 spiro atoms. The Hall–Kier alpha value is -2.70. The summed E-state index contributed by atoms with van der Waals surface area (Å²) in [7, 11) is 0. The van der Waals surface area contributed by atoms with E-state index >= 15 is 0 Å². The molecule has 0 bridgehead atoms. The molecular weight excluding hydrogens is 384 g/mol. The first-order valence-corrected chi connectivity index (χ1v) is 9.20. The summed E-state index contributed by atoms with van der Waals surface area (Å²) in [5, 5.41) is 0. The molecule has 0 amide bonds. The largest absolute Gasteiger partial charge is 0.348 e. The second kappa shape index (κ2) is 7.97. The minimum Gasteiger partial charge on any atom is -0.348 e. The molecule has 0 aliphatic carbocycles. The van der Waals surface area contributed by atoms with Gasteiger partial charge in [0.25, 0.3) is 0 Å². The highest BCUT2D eigenvalue weighted by atomic mass is 19.2. The van der Waals surface area contributed by atoms with Crippen LogP contribution >= 0.6 is 0 Å². The van der Waals surface area contributed by atoms with Crippen LogP contribution in [0.15, 0.2) is 54.6 Å². The first-order chi connectivity index (χ1) is 13.9. The van der Waals surface area contributed by atoms with Crippen LogP contribution in [0.4, 0.5) is 17.6 Å². The van der Waals surface area contributed by atoms with E-state index < -0.39 is 35.1 Å².